The van der Waals surface area contributed by atoms with Gasteiger partial charge in [0.05, 0.1) is 10.6 Å². The van der Waals surface area contributed by atoms with Gasteiger partial charge in [-0.05, 0) is 68.1 Å². The Kier molecular flexibility index (Phi) is 7.35. The van der Waals surface area contributed by atoms with Crippen LogP contribution in [0.15, 0.2) is 48.5 Å². The van der Waals surface area contributed by atoms with Crippen molar-refractivity contribution in [1.29, 1.82) is 0 Å². The smallest absolute Gasteiger partial charge is 0.371 e. The zero-order chi connectivity index (χ0) is 28.0. The minimum absolute atomic E-state index is 0.133. The normalized spacial score (nSPS) is 21.8. The van der Waals surface area contributed by atoms with E-state index in [4.69, 9.17) is 11.6 Å². The molecule has 2 aromatic rings. The molecule has 1 saturated heterocycles. The molecule has 39 heavy (non-hydrogen) atoms. The number of hydrogen-bond donors (Lipinski definition) is 2. The van der Waals surface area contributed by atoms with E-state index in [1.165, 1.54) is 25.2 Å². The Morgan fingerprint density at radius 2 is 1.79 bits per heavy atom. The van der Waals surface area contributed by atoms with Crippen molar-refractivity contribution in [2.45, 2.75) is 56.3 Å². The molecule has 5 rings (SSSR count). The van der Waals surface area contributed by atoms with Crippen LogP contribution < -0.4 is 10.2 Å². The van der Waals surface area contributed by atoms with Gasteiger partial charge >= 0.3 is 6.18 Å². The molecule has 2 aromatic carbocycles. The van der Waals surface area contributed by atoms with Gasteiger partial charge in [0.2, 0.25) is 0 Å². The molecule has 0 aromatic heterocycles. The number of rotatable bonds is 8. The topological polar surface area (TPSA) is 72.9 Å². The zero-order valence-electron chi connectivity index (χ0n) is 21.8. The Labute approximate surface area is 231 Å². The maximum Gasteiger partial charge on any atom is 0.430 e. The van der Waals surface area contributed by atoms with Crippen LogP contribution in [0.1, 0.15) is 54.4 Å². The van der Waals surface area contributed by atoms with Crippen molar-refractivity contribution in [3.63, 3.8) is 0 Å². The molecular formula is C29H33ClF3N3O3. The third-order valence-electron chi connectivity index (χ3n) is 8.66. The molecule has 2 N–H and O–H groups in total. The van der Waals surface area contributed by atoms with Crippen LogP contribution in [0.25, 0.3) is 0 Å². The van der Waals surface area contributed by atoms with Crippen molar-refractivity contribution in [3.8, 4) is 0 Å². The van der Waals surface area contributed by atoms with E-state index in [1.54, 1.807) is 6.07 Å². The highest BCUT2D eigenvalue weighted by atomic mass is 35.5. The molecule has 3 aliphatic rings. The average Bonchev–Trinajstić information content (AvgIpc) is 3.84. The number of nitrogens with zero attached hydrogens (tertiary/aromatic N) is 2. The third kappa shape index (κ3) is 5.48. The highest BCUT2D eigenvalue weighted by molar-refractivity contribution is 6.34. The largest absolute Gasteiger partial charge is 0.430 e. The predicted octanol–water partition coefficient (Wildman–Crippen LogP) is 5.14. The van der Waals surface area contributed by atoms with E-state index in [-0.39, 0.29) is 23.9 Å². The molecule has 0 unspecified atom stereocenters. The number of likely N-dealkylation sites (N-methyl/N-ethyl adjacent to an activating group) is 1. The Balaban J connectivity index is 1.14. The summed E-state index contributed by atoms with van der Waals surface area (Å²) in [5.74, 6) is -1.19. The van der Waals surface area contributed by atoms with Gasteiger partial charge in [0.25, 0.3) is 17.4 Å². The van der Waals surface area contributed by atoms with Gasteiger partial charge in [0.15, 0.2) is 0 Å². The summed E-state index contributed by atoms with van der Waals surface area (Å²) in [6, 6.07) is 12.3. The molecule has 0 bridgehead atoms. The molecule has 2 atom stereocenters. The van der Waals surface area contributed by atoms with E-state index in [0.717, 1.165) is 67.9 Å². The van der Waals surface area contributed by atoms with E-state index in [2.05, 4.69) is 10.2 Å². The van der Waals surface area contributed by atoms with E-state index < -0.39 is 23.2 Å². The third-order valence-corrected chi connectivity index (χ3v) is 8.98. The molecule has 210 valence electrons. The molecule has 0 radical (unpaired) electrons. The lowest BCUT2D eigenvalue weighted by Gasteiger charge is -2.35. The molecule has 1 spiro atoms. The average molecular weight is 564 g/mol. The molecule has 2 amide bonds. The van der Waals surface area contributed by atoms with Crippen molar-refractivity contribution >= 4 is 29.1 Å². The van der Waals surface area contributed by atoms with Crippen molar-refractivity contribution in [2.24, 2.45) is 11.3 Å². The number of nitrogens with one attached hydrogen (secondary N) is 1. The first-order valence-electron chi connectivity index (χ1n) is 13.4. The Hall–Kier alpha value is -2.78. The lowest BCUT2D eigenvalue weighted by Crippen LogP contribution is -2.55. The second-order valence-corrected chi connectivity index (χ2v) is 11.7. The lowest BCUT2D eigenvalue weighted by molar-refractivity contribution is -0.261. The van der Waals surface area contributed by atoms with Gasteiger partial charge in [-0.15, -0.1) is 0 Å². The first kappa shape index (κ1) is 27.8. The molecule has 2 aliphatic carbocycles. The number of aliphatic hydroxyl groups is 1. The maximum atomic E-state index is 13.9. The second-order valence-electron chi connectivity index (χ2n) is 11.3. The molecule has 1 aliphatic heterocycles. The first-order valence-corrected chi connectivity index (χ1v) is 13.8. The van der Waals surface area contributed by atoms with Gasteiger partial charge in [-0.25, -0.2) is 0 Å². The van der Waals surface area contributed by atoms with Gasteiger partial charge in [0.1, 0.15) is 0 Å². The van der Waals surface area contributed by atoms with Crippen LogP contribution in [-0.2, 0) is 10.4 Å². The van der Waals surface area contributed by atoms with Crippen LogP contribution in [0, 0.1) is 11.3 Å². The van der Waals surface area contributed by atoms with E-state index in [1.807, 2.05) is 12.1 Å². The molecule has 10 heteroatoms. The van der Waals surface area contributed by atoms with Gasteiger partial charge in [-0.2, -0.15) is 13.2 Å². The molecule has 3 fully saturated rings. The monoisotopic (exact) mass is 563 g/mol. The highest BCUT2D eigenvalue weighted by Gasteiger charge is 2.62. The van der Waals surface area contributed by atoms with Gasteiger partial charge in [-0.3, -0.25) is 9.59 Å². The minimum Gasteiger partial charge on any atom is -0.371 e. The highest BCUT2D eigenvalue weighted by Crippen LogP contribution is 2.61. The van der Waals surface area contributed by atoms with Crippen molar-refractivity contribution < 1.29 is 27.9 Å². The van der Waals surface area contributed by atoms with Crippen LogP contribution in [0.3, 0.4) is 0 Å². The predicted molar refractivity (Wildman–Crippen MR) is 143 cm³/mol. The number of hydrogen-bond acceptors (Lipinski definition) is 4. The summed E-state index contributed by atoms with van der Waals surface area (Å²) in [6.45, 7) is 1.77. The SMILES string of the molecule is CN(CC[C@@H]1CC12CCN(c1ccc(C(=O)NC3CC3)c(Cl)c1)CC2)C(=O)[C@](O)(c1ccccc1)C(F)(F)F. The fraction of sp³-hybridized carbons (Fsp3) is 0.517. The number of piperidine rings is 1. The zero-order valence-corrected chi connectivity index (χ0v) is 22.6. The van der Waals surface area contributed by atoms with Crippen LogP contribution >= 0.6 is 11.6 Å². The van der Waals surface area contributed by atoms with Crippen LogP contribution in [0.2, 0.25) is 5.02 Å². The summed E-state index contributed by atoms with van der Waals surface area (Å²) in [5, 5.41) is 14.0. The number of halogens is 4. The summed E-state index contributed by atoms with van der Waals surface area (Å²) in [4.78, 5) is 28.5. The summed E-state index contributed by atoms with van der Waals surface area (Å²) in [5.41, 5.74) is -2.49. The molecule has 6 nitrogen and oxygen atoms in total. The Morgan fingerprint density at radius 1 is 1.13 bits per heavy atom. The summed E-state index contributed by atoms with van der Waals surface area (Å²) in [7, 11) is 1.32. The number of anilines is 1. The summed E-state index contributed by atoms with van der Waals surface area (Å²) in [6.07, 6.45) is 0.311. The Morgan fingerprint density at radius 3 is 2.38 bits per heavy atom. The number of carbonyl (C=O) groups is 2. The summed E-state index contributed by atoms with van der Waals surface area (Å²) >= 11 is 6.43. The number of benzene rings is 2. The van der Waals surface area contributed by atoms with Crippen molar-refractivity contribution in [3.05, 3.63) is 64.7 Å². The first-order chi connectivity index (χ1) is 18.4. The fourth-order valence-electron chi connectivity index (χ4n) is 5.85. The van der Waals surface area contributed by atoms with Gasteiger partial charge in [-0.1, -0.05) is 41.9 Å². The van der Waals surface area contributed by atoms with Crippen molar-refractivity contribution in [1.82, 2.24) is 10.2 Å². The molecule has 2 saturated carbocycles. The maximum absolute atomic E-state index is 13.9. The van der Waals surface area contributed by atoms with Gasteiger partial charge < -0.3 is 20.2 Å². The number of alkyl halides is 3. The van der Waals surface area contributed by atoms with Gasteiger partial charge in [0, 0.05) is 44.0 Å². The van der Waals surface area contributed by atoms with E-state index in [9.17, 15) is 27.9 Å². The lowest BCUT2D eigenvalue weighted by atomic mass is 9.89. The fourth-order valence-corrected chi connectivity index (χ4v) is 6.11. The standard InChI is InChI=1S/C29H33ClF3N3O3/c1-35(26(38)28(39,29(31,32)33)19-5-3-2-4-6-19)14-11-20-18-27(20)12-15-36(16-13-27)22-9-10-23(24(30)17-22)25(37)34-21-7-8-21/h2-6,9-10,17,20-21,39H,7-8,11-16,18H2,1H3,(H,34,37)/t20-,28-/m1/s1. The number of amides is 2. The van der Waals surface area contributed by atoms with E-state index in [0.29, 0.717) is 22.9 Å². The van der Waals surface area contributed by atoms with Crippen LogP contribution in [0.5, 0.6) is 0 Å². The summed E-state index contributed by atoms with van der Waals surface area (Å²) < 4.78 is 41.6. The minimum atomic E-state index is -5.14. The van der Waals surface area contributed by atoms with Crippen LogP contribution in [-0.4, -0.2) is 60.7 Å². The molecular weight excluding hydrogens is 531 g/mol. The molecule has 1 heterocycles. The quantitative estimate of drug-likeness (QED) is 0.467. The van der Waals surface area contributed by atoms with Crippen molar-refractivity contribution in [2.75, 3.05) is 31.6 Å². The van der Waals surface area contributed by atoms with E-state index >= 15 is 0 Å². The van der Waals surface area contributed by atoms with Crippen LogP contribution in [0.4, 0.5) is 18.9 Å². The second kappa shape index (κ2) is 10.3. The Bertz CT molecular complexity index is 1230. The number of carbonyl (C=O) groups excluding carboxylic acids is 2.